The van der Waals surface area contributed by atoms with Gasteiger partial charge in [0.25, 0.3) is 5.91 Å². The van der Waals surface area contributed by atoms with Gasteiger partial charge in [-0.2, -0.15) is 0 Å². The van der Waals surface area contributed by atoms with Crippen LogP contribution in [-0.2, 0) is 0 Å². The summed E-state index contributed by atoms with van der Waals surface area (Å²) in [6.07, 6.45) is 3.64. The smallest absolute Gasteiger partial charge is 0.255 e. The maximum atomic E-state index is 12.8. The zero-order chi connectivity index (χ0) is 15.4. The van der Waals surface area contributed by atoms with Crippen molar-refractivity contribution in [1.29, 1.82) is 0 Å². The van der Waals surface area contributed by atoms with Gasteiger partial charge in [-0.3, -0.25) is 4.79 Å². The number of amides is 1. The van der Waals surface area contributed by atoms with Gasteiger partial charge in [0.2, 0.25) is 0 Å². The highest BCUT2D eigenvalue weighted by Crippen LogP contribution is 2.24. The molecule has 0 radical (unpaired) electrons. The number of hydrogen-bond donors (Lipinski definition) is 1. The van der Waals surface area contributed by atoms with Gasteiger partial charge in [-0.15, -0.1) is 0 Å². The number of rotatable bonds is 4. The van der Waals surface area contributed by atoms with E-state index in [0.717, 1.165) is 34.0 Å². The molecule has 0 bridgehead atoms. The van der Waals surface area contributed by atoms with Gasteiger partial charge in [0.15, 0.2) is 0 Å². The van der Waals surface area contributed by atoms with Crippen molar-refractivity contribution in [2.75, 3.05) is 13.1 Å². The molecule has 1 aliphatic rings. The Balaban J connectivity index is 2.14. The number of benzene rings is 1. The Morgan fingerprint density at radius 3 is 2.71 bits per heavy atom. The van der Waals surface area contributed by atoms with Gasteiger partial charge >= 0.3 is 0 Å². The summed E-state index contributed by atoms with van der Waals surface area (Å²) in [5.74, 6) is 0.0942. The monoisotopic (exact) mass is 416 g/mol. The maximum absolute atomic E-state index is 12.8. The summed E-state index contributed by atoms with van der Waals surface area (Å²) in [7, 11) is 0. The predicted octanol–water partition coefficient (Wildman–Crippen LogP) is 4.20. The minimum atomic E-state index is 0.0942. The molecule has 1 aliphatic heterocycles. The molecule has 0 saturated carbocycles. The molecule has 0 aliphatic carbocycles. The molecule has 1 aromatic carbocycles. The number of nitrogens with one attached hydrogen (secondary N) is 1. The summed E-state index contributed by atoms with van der Waals surface area (Å²) >= 11 is 6.92. The van der Waals surface area contributed by atoms with Crippen LogP contribution in [0.4, 0.5) is 0 Å². The quantitative estimate of drug-likeness (QED) is 0.795. The highest BCUT2D eigenvalue weighted by Gasteiger charge is 2.24. The molecule has 116 valence electrons. The lowest BCUT2D eigenvalue weighted by Gasteiger charge is -2.33. The molecule has 1 atom stereocenters. The molecule has 1 aromatic rings. The van der Waals surface area contributed by atoms with Crippen LogP contribution in [-0.4, -0.2) is 36.0 Å². The Labute approximate surface area is 143 Å². The summed E-state index contributed by atoms with van der Waals surface area (Å²) in [5.41, 5.74) is 0.725. The van der Waals surface area contributed by atoms with Crippen LogP contribution >= 0.6 is 31.9 Å². The van der Waals surface area contributed by atoms with E-state index in [0.29, 0.717) is 6.04 Å². The summed E-state index contributed by atoms with van der Waals surface area (Å²) in [5, 5.41) is 3.52. The molecule has 21 heavy (non-hydrogen) atoms. The van der Waals surface area contributed by atoms with Crippen molar-refractivity contribution >= 4 is 37.8 Å². The molecule has 1 amide bonds. The standard InChI is InChI=1S/C16H22Br2N2O/c1-11(2)20(10-13-5-3-4-8-19-13)16(21)14-7-6-12(17)9-15(14)18/h6-7,9,11,13,19H,3-5,8,10H2,1-2H3. The minimum Gasteiger partial charge on any atom is -0.335 e. The molecule has 1 N–H and O–H groups in total. The number of carbonyl (C=O) groups is 1. The van der Waals surface area contributed by atoms with Gasteiger partial charge in [-0.1, -0.05) is 22.4 Å². The molecular weight excluding hydrogens is 396 g/mol. The molecule has 0 aromatic heterocycles. The highest BCUT2D eigenvalue weighted by atomic mass is 79.9. The van der Waals surface area contributed by atoms with Crippen LogP contribution in [0.5, 0.6) is 0 Å². The Morgan fingerprint density at radius 1 is 1.38 bits per heavy atom. The Morgan fingerprint density at radius 2 is 2.14 bits per heavy atom. The first kappa shape index (κ1) is 17.0. The van der Waals surface area contributed by atoms with Crippen LogP contribution in [0.15, 0.2) is 27.1 Å². The van der Waals surface area contributed by atoms with Gasteiger partial charge < -0.3 is 10.2 Å². The van der Waals surface area contributed by atoms with Crippen molar-refractivity contribution in [2.24, 2.45) is 0 Å². The van der Waals surface area contributed by atoms with Gasteiger partial charge in [0, 0.05) is 27.6 Å². The Bertz CT molecular complexity index is 499. The van der Waals surface area contributed by atoms with E-state index in [1.54, 1.807) is 0 Å². The van der Waals surface area contributed by atoms with Gasteiger partial charge in [-0.25, -0.2) is 0 Å². The summed E-state index contributed by atoms with van der Waals surface area (Å²) < 4.78 is 1.81. The summed E-state index contributed by atoms with van der Waals surface area (Å²) in [6, 6.07) is 6.32. The summed E-state index contributed by atoms with van der Waals surface area (Å²) in [4.78, 5) is 14.8. The number of carbonyl (C=O) groups excluding carboxylic acids is 1. The molecule has 2 rings (SSSR count). The molecule has 1 unspecified atom stereocenters. The average molecular weight is 418 g/mol. The fraction of sp³-hybridized carbons (Fsp3) is 0.562. The minimum absolute atomic E-state index is 0.0942. The molecule has 5 heteroatoms. The zero-order valence-electron chi connectivity index (χ0n) is 12.5. The average Bonchev–Trinajstić information content (AvgIpc) is 2.45. The summed E-state index contributed by atoms with van der Waals surface area (Å²) in [6.45, 7) is 5.99. The van der Waals surface area contributed by atoms with Crippen LogP contribution in [0.2, 0.25) is 0 Å². The second-order valence-electron chi connectivity index (χ2n) is 5.82. The first-order chi connectivity index (χ1) is 9.99. The lowest BCUT2D eigenvalue weighted by atomic mass is 10.0. The lowest BCUT2D eigenvalue weighted by molar-refractivity contribution is 0.0676. The molecule has 1 saturated heterocycles. The number of hydrogen-bond acceptors (Lipinski definition) is 2. The van der Waals surface area contributed by atoms with Crippen molar-refractivity contribution in [3.8, 4) is 0 Å². The number of nitrogens with zero attached hydrogens (tertiary/aromatic N) is 1. The van der Waals surface area contributed by atoms with Crippen molar-refractivity contribution in [3.05, 3.63) is 32.7 Å². The topological polar surface area (TPSA) is 32.3 Å². The second-order valence-corrected chi connectivity index (χ2v) is 7.59. The number of halogens is 2. The molecule has 1 fully saturated rings. The van der Waals surface area contributed by atoms with Crippen molar-refractivity contribution in [2.45, 2.75) is 45.2 Å². The zero-order valence-corrected chi connectivity index (χ0v) is 15.7. The van der Waals surface area contributed by atoms with Crippen LogP contribution in [0.25, 0.3) is 0 Å². The first-order valence-electron chi connectivity index (χ1n) is 7.48. The van der Waals surface area contributed by atoms with E-state index in [9.17, 15) is 4.79 Å². The van der Waals surface area contributed by atoms with E-state index < -0.39 is 0 Å². The van der Waals surface area contributed by atoms with Crippen molar-refractivity contribution in [3.63, 3.8) is 0 Å². The Hall–Kier alpha value is -0.390. The van der Waals surface area contributed by atoms with E-state index in [1.165, 1.54) is 12.8 Å². The Kier molecular flexibility index (Phi) is 6.26. The molecular formula is C16H22Br2N2O. The second kappa shape index (κ2) is 7.75. The largest absolute Gasteiger partial charge is 0.335 e. The van der Waals surface area contributed by atoms with Crippen LogP contribution in [0.1, 0.15) is 43.5 Å². The highest BCUT2D eigenvalue weighted by molar-refractivity contribution is 9.11. The van der Waals surface area contributed by atoms with Crippen molar-refractivity contribution in [1.82, 2.24) is 10.2 Å². The van der Waals surface area contributed by atoms with E-state index in [4.69, 9.17) is 0 Å². The van der Waals surface area contributed by atoms with Gasteiger partial charge in [-0.05, 0) is 67.4 Å². The van der Waals surface area contributed by atoms with Crippen LogP contribution in [0.3, 0.4) is 0 Å². The third-order valence-electron chi connectivity index (χ3n) is 3.88. The van der Waals surface area contributed by atoms with Gasteiger partial charge in [0.1, 0.15) is 0 Å². The van der Waals surface area contributed by atoms with Crippen LogP contribution < -0.4 is 5.32 Å². The molecule has 0 spiro atoms. The fourth-order valence-electron chi connectivity index (χ4n) is 2.66. The lowest BCUT2D eigenvalue weighted by Crippen LogP contribution is -2.48. The third-order valence-corrected chi connectivity index (χ3v) is 5.02. The first-order valence-corrected chi connectivity index (χ1v) is 9.07. The predicted molar refractivity (Wildman–Crippen MR) is 93.7 cm³/mol. The SMILES string of the molecule is CC(C)N(CC1CCCCN1)C(=O)c1ccc(Br)cc1Br. The van der Waals surface area contributed by atoms with E-state index >= 15 is 0 Å². The van der Waals surface area contributed by atoms with Crippen molar-refractivity contribution < 1.29 is 4.79 Å². The molecule has 1 heterocycles. The maximum Gasteiger partial charge on any atom is 0.255 e. The van der Waals surface area contributed by atoms with E-state index in [1.807, 2.05) is 23.1 Å². The normalized spacial score (nSPS) is 18.8. The van der Waals surface area contributed by atoms with E-state index in [-0.39, 0.29) is 11.9 Å². The molecule has 3 nitrogen and oxygen atoms in total. The van der Waals surface area contributed by atoms with Gasteiger partial charge in [0.05, 0.1) is 5.56 Å². The third kappa shape index (κ3) is 4.54. The number of piperidine rings is 1. The fourth-order valence-corrected chi connectivity index (χ4v) is 3.88. The van der Waals surface area contributed by atoms with Crippen LogP contribution in [0, 0.1) is 0 Å². The van der Waals surface area contributed by atoms with E-state index in [2.05, 4.69) is 51.0 Å².